The Bertz CT molecular complexity index is 471. The number of methoxy groups -OCH3 is 1. The molecule has 0 radical (unpaired) electrons. The fourth-order valence-corrected chi connectivity index (χ4v) is 3.43. The molecule has 1 aromatic heterocycles. The van der Waals surface area contributed by atoms with Crippen molar-refractivity contribution >= 4 is 27.3 Å². The molecule has 0 aliphatic rings. The quantitative estimate of drug-likeness (QED) is 0.929. The number of thiophene rings is 1. The first-order valence-electron chi connectivity index (χ1n) is 5.29. The van der Waals surface area contributed by atoms with Crippen molar-refractivity contribution in [2.24, 2.45) is 5.73 Å². The minimum absolute atomic E-state index is 0.123. The van der Waals surface area contributed by atoms with Crippen LogP contribution in [-0.4, -0.2) is 7.11 Å². The van der Waals surface area contributed by atoms with E-state index in [1.807, 2.05) is 35.7 Å². The Morgan fingerprint density at radius 1 is 1.24 bits per heavy atom. The van der Waals surface area contributed by atoms with E-state index >= 15 is 0 Å². The van der Waals surface area contributed by atoms with Crippen LogP contribution in [0.1, 0.15) is 23.3 Å². The van der Waals surface area contributed by atoms with Crippen molar-refractivity contribution in [2.45, 2.75) is 12.1 Å². The van der Waals surface area contributed by atoms with E-state index in [0.29, 0.717) is 0 Å². The number of hydrogen-bond acceptors (Lipinski definition) is 3. The van der Waals surface area contributed by atoms with Gasteiger partial charge in [-0.2, -0.15) is 11.3 Å². The molecule has 2 unspecified atom stereocenters. The van der Waals surface area contributed by atoms with Crippen molar-refractivity contribution in [3.8, 4) is 0 Å². The van der Waals surface area contributed by atoms with Crippen molar-refractivity contribution in [2.75, 3.05) is 7.11 Å². The minimum atomic E-state index is -0.164. The molecule has 0 aliphatic carbocycles. The topological polar surface area (TPSA) is 35.2 Å². The van der Waals surface area contributed by atoms with Gasteiger partial charge in [-0.1, -0.05) is 30.3 Å². The third-order valence-corrected chi connectivity index (χ3v) is 4.46. The summed E-state index contributed by atoms with van der Waals surface area (Å²) in [6, 6.07) is 9.89. The minimum Gasteiger partial charge on any atom is -0.375 e. The van der Waals surface area contributed by atoms with Crippen molar-refractivity contribution in [1.29, 1.82) is 0 Å². The maximum atomic E-state index is 6.28. The van der Waals surface area contributed by atoms with Crippen LogP contribution in [-0.2, 0) is 4.74 Å². The van der Waals surface area contributed by atoms with Crippen LogP contribution in [0.4, 0.5) is 0 Å². The molecule has 4 heteroatoms. The summed E-state index contributed by atoms with van der Waals surface area (Å²) < 4.78 is 6.58. The van der Waals surface area contributed by atoms with Crippen LogP contribution in [0.15, 0.2) is 45.6 Å². The lowest BCUT2D eigenvalue weighted by Gasteiger charge is -2.22. The zero-order valence-corrected chi connectivity index (χ0v) is 11.9. The van der Waals surface area contributed by atoms with Gasteiger partial charge >= 0.3 is 0 Å². The van der Waals surface area contributed by atoms with Gasteiger partial charge in [0, 0.05) is 17.0 Å². The van der Waals surface area contributed by atoms with E-state index in [9.17, 15) is 0 Å². The van der Waals surface area contributed by atoms with E-state index in [4.69, 9.17) is 10.5 Å². The molecule has 0 fully saturated rings. The van der Waals surface area contributed by atoms with E-state index < -0.39 is 0 Å². The van der Waals surface area contributed by atoms with Gasteiger partial charge in [-0.05, 0) is 32.4 Å². The predicted molar refractivity (Wildman–Crippen MR) is 75.1 cm³/mol. The lowest BCUT2D eigenvalue weighted by atomic mass is 9.98. The molecular weight excluding hydrogens is 298 g/mol. The van der Waals surface area contributed by atoms with Gasteiger partial charge in [-0.15, -0.1) is 0 Å². The maximum absolute atomic E-state index is 6.28. The van der Waals surface area contributed by atoms with Gasteiger partial charge < -0.3 is 10.5 Å². The fraction of sp³-hybridized carbons (Fsp3) is 0.231. The lowest BCUT2D eigenvalue weighted by molar-refractivity contribution is 0.0801. The van der Waals surface area contributed by atoms with E-state index in [-0.39, 0.29) is 12.1 Å². The average molecular weight is 312 g/mol. The Hall–Kier alpha value is -0.680. The van der Waals surface area contributed by atoms with Gasteiger partial charge in [-0.3, -0.25) is 0 Å². The molecule has 0 aliphatic heterocycles. The van der Waals surface area contributed by atoms with Gasteiger partial charge in [0.25, 0.3) is 0 Å². The SMILES string of the molecule is COC(c1ccccc1)C(N)c1cscc1Br. The summed E-state index contributed by atoms with van der Waals surface area (Å²) in [7, 11) is 1.69. The molecule has 2 N–H and O–H groups in total. The number of halogens is 1. The zero-order chi connectivity index (χ0) is 12.3. The van der Waals surface area contributed by atoms with E-state index in [0.717, 1.165) is 15.6 Å². The van der Waals surface area contributed by atoms with Gasteiger partial charge in [0.15, 0.2) is 0 Å². The number of ether oxygens (including phenoxy) is 1. The zero-order valence-electron chi connectivity index (χ0n) is 9.47. The van der Waals surface area contributed by atoms with E-state index in [1.165, 1.54) is 0 Å². The average Bonchev–Trinajstić information content (AvgIpc) is 2.77. The van der Waals surface area contributed by atoms with Crippen molar-refractivity contribution in [1.82, 2.24) is 0 Å². The third-order valence-electron chi connectivity index (χ3n) is 2.71. The summed E-state index contributed by atoms with van der Waals surface area (Å²) in [6.45, 7) is 0. The van der Waals surface area contributed by atoms with Gasteiger partial charge in [0.05, 0.1) is 6.04 Å². The monoisotopic (exact) mass is 311 g/mol. The van der Waals surface area contributed by atoms with Crippen molar-refractivity contribution in [3.63, 3.8) is 0 Å². The molecule has 0 spiro atoms. The van der Waals surface area contributed by atoms with E-state index in [2.05, 4.69) is 21.3 Å². The van der Waals surface area contributed by atoms with Gasteiger partial charge in [0.2, 0.25) is 0 Å². The van der Waals surface area contributed by atoms with Gasteiger partial charge in [-0.25, -0.2) is 0 Å². The van der Waals surface area contributed by atoms with Crippen LogP contribution in [0, 0.1) is 0 Å². The number of rotatable bonds is 4. The molecule has 0 saturated heterocycles. The highest BCUT2D eigenvalue weighted by Gasteiger charge is 2.23. The van der Waals surface area contributed by atoms with E-state index in [1.54, 1.807) is 18.4 Å². The van der Waals surface area contributed by atoms with Crippen molar-refractivity contribution in [3.05, 3.63) is 56.7 Å². The Labute approximate surface area is 114 Å². The molecule has 90 valence electrons. The Kier molecular flexibility index (Phi) is 4.34. The molecule has 17 heavy (non-hydrogen) atoms. The fourth-order valence-electron chi connectivity index (χ4n) is 1.83. The normalized spacial score (nSPS) is 14.5. The van der Waals surface area contributed by atoms with Crippen LogP contribution in [0.2, 0.25) is 0 Å². The molecule has 1 aromatic carbocycles. The summed E-state index contributed by atoms with van der Waals surface area (Å²) in [5, 5.41) is 4.09. The Morgan fingerprint density at radius 2 is 1.94 bits per heavy atom. The van der Waals surface area contributed by atoms with Crippen molar-refractivity contribution < 1.29 is 4.74 Å². The second kappa shape index (κ2) is 5.78. The summed E-state index contributed by atoms with van der Waals surface area (Å²) in [5.74, 6) is 0. The molecule has 2 aromatic rings. The predicted octanol–water partition coefficient (Wildman–Crippen LogP) is 3.90. The maximum Gasteiger partial charge on any atom is 0.101 e. The highest BCUT2D eigenvalue weighted by molar-refractivity contribution is 9.10. The standard InChI is InChI=1S/C13H14BrNOS/c1-16-13(9-5-3-2-4-6-9)12(15)10-7-17-8-11(10)14/h2-8,12-13H,15H2,1H3. The number of hydrogen-bond donors (Lipinski definition) is 1. The summed E-state index contributed by atoms with van der Waals surface area (Å²) in [5.41, 5.74) is 8.47. The first-order valence-corrected chi connectivity index (χ1v) is 7.02. The highest BCUT2D eigenvalue weighted by atomic mass is 79.9. The molecule has 0 amide bonds. The Balaban J connectivity index is 2.28. The molecule has 2 rings (SSSR count). The molecule has 1 heterocycles. The number of benzene rings is 1. The van der Waals surface area contributed by atoms with Crippen LogP contribution in [0.25, 0.3) is 0 Å². The lowest BCUT2D eigenvalue weighted by Crippen LogP contribution is -2.21. The Morgan fingerprint density at radius 3 is 2.47 bits per heavy atom. The third kappa shape index (κ3) is 2.77. The first kappa shape index (κ1) is 12.8. The summed E-state index contributed by atoms with van der Waals surface area (Å²) in [4.78, 5) is 0. The molecule has 0 bridgehead atoms. The second-order valence-corrected chi connectivity index (χ2v) is 5.37. The van der Waals surface area contributed by atoms with Crippen LogP contribution >= 0.6 is 27.3 Å². The summed E-state index contributed by atoms with van der Waals surface area (Å²) >= 11 is 5.15. The molecule has 2 nitrogen and oxygen atoms in total. The smallest absolute Gasteiger partial charge is 0.101 e. The van der Waals surface area contributed by atoms with Gasteiger partial charge in [0.1, 0.15) is 6.10 Å². The highest BCUT2D eigenvalue weighted by Crippen LogP contribution is 2.35. The second-order valence-electron chi connectivity index (χ2n) is 3.77. The molecule has 2 atom stereocenters. The number of nitrogens with two attached hydrogens (primary N) is 1. The van der Waals surface area contributed by atoms with Crippen LogP contribution in [0.3, 0.4) is 0 Å². The molecule has 0 saturated carbocycles. The first-order chi connectivity index (χ1) is 8.24. The molecular formula is C13H14BrNOS. The van der Waals surface area contributed by atoms with Crippen LogP contribution < -0.4 is 5.73 Å². The summed E-state index contributed by atoms with van der Waals surface area (Å²) in [6.07, 6.45) is -0.123. The van der Waals surface area contributed by atoms with Crippen LogP contribution in [0.5, 0.6) is 0 Å². The largest absolute Gasteiger partial charge is 0.375 e.